The molecule has 0 aromatic carbocycles. The quantitative estimate of drug-likeness (QED) is 0.0403. The zero-order valence-corrected chi connectivity index (χ0v) is 53.4. The van der Waals surface area contributed by atoms with Gasteiger partial charge in [-0.1, -0.05) is 55.4 Å². The van der Waals surface area contributed by atoms with Gasteiger partial charge in [-0.05, 0) is 57.8 Å². The Kier molecular flexibility index (Phi) is 40.4. The average molecular weight is 1130 g/mol. The van der Waals surface area contributed by atoms with Gasteiger partial charge in [0.1, 0.15) is 12.2 Å². The van der Waals surface area contributed by atoms with Crippen molar-refractivity contribution >= 4 is 44.0 Å². The largest absolute Gasteiger partial charge is 0.500 e. The van der Waals surface area contributed by atoms with E-state index in [0.717, 1.165) is 71.7 Å². The van der Waals surface area contributed by atoms with Crippen LogP contribution in [0.4, 0.5) is 0 Å². The first-order valence-electron chi connectivity index (χ1n) is 25.7. The molecule has 0 aromatic heterocycles. The molecule has 2 fully saturated rings. The topological polar surface area (TPSA) is 204 Å². The Hall–Kier alpha value is 0.711. The Labute approximate surface area is 444 Å². The number of nitrogens with zero attached hydrogens (tertiary/aromatic N) is 2. The van der Waals surface area contributed by atoms with Crippen LogP contribution in [0.1, 0.15) is 69.2 Å². The van der Waals surface area contributed by atoms with Crippen molar-refractivity contribution < 1.29 is 78.0 Å². The van der Waals surface area contributed by atoms with E-state index in [4.69, 9.17) is 67.8 Å². The van der Waals surface area contributed by atoms with Crippen LogP contribution in [0.2, 0.25) is 18.1 Å². The predicted molar refractivity (Wildman–Crippen MR) is 295 cm³/mol. The average Bonchev–Trinajstić information content (AvgIpc) is 4.31. The fourth-order valence-electron chi connectivity index (χ4n) is 7.58. The van der Waals surface area contributed by atoms with Gasteiger partial charge in [-0.15, -0.1) is 0 Å². The number of ether oxygens (including phenoxy) is 4. The maximum atomic E-state index is 10.6. The lowest BCUT2D eigenvalue weighted by atomic mass is 9.96. The second-order valence-corrected chi connectivity index (χ2v) is 33.2. The maximum absolute atomic E-state index is 10.6. The molecule has 0 bridgehead atoms. The highest BCUT2D eigenvalue weighted by Gasteiger charge is 2.41. The summed E-state index contributed by atoms with van der Waals surface area (Å²) >= 11 is 0. The normalized spacial score (nSPS) is 18.9. The van der Waals surface area contributed by atoms with Gasteiger partial charge >= 0.3 is 26.4 Å². The monoisotopic (exact) mass is 1130 g/mol. The second kappa shape index (κ2) is 40.0. The molecule has 0 saturated carbocycles. The van der Waals surface area contributed by atoms with E-state index >= 15 is 0 Å². The summed E-state index contributed by atoms with van der Waals surface area (Å²) in [5.41, 5.74) is -0.264. The minimum absolute atomic E-state index is 0.129. The molecule has 434 valence electrons. The van der Waals surface area contributed by atoms with Crippen molar-refractivity contribution in [2.75, 3.05) is 169 Å². The molecule has 2 aliphatic heterocycles. The van der Waals surface area contributed by atoms with Gasteiger partial charge < -0.3 is 93.2 Å². The van der Waals surface area contributed by atoms with Crippen LogP contribution in [0.3, 0.4) is 0 Å². The minimum Gasteiger partial charge on any atom is -0.389 e. The predicted octanol–water partition coefficient (Wildman–Crippen LogP) is 5.29. The Morgan fingerprint density at radius 1 is 0.556 bits per heavy atom. The highest BCUT2D eigenvalue weighted by Crippen LogP contribution is 2.47. The van der Waals surface area contributed by atoms with Crippen molar-refractivity contribution in [3.63, 3.8) is 0 Å². The van der Waals surface area contributed by atoms with Gasteiger partial charge in [-0.25, -0.2) is 0 Å². The molecule has 3 N–H and O–H groups in total. The first kappa shape index (κ1) is 72.7. The van der Waals surface area contributed by atoms with Crippen LogP contribution in [-0.4, -0.2) is 245 Å². The summed E-state index contributed by atoms with van der Waals surface area (Å²) in [6.45, 7) is 32.0. The Bertz CT molecular complexity index is 1200. The third-order valence-corrected chi connectivity index (χ3v) is 23.4. The minimum atomic E-state index is -2.64. The SMILES string of the molecule is CC(C)(POCC1CO1)POCC1CO1.CCN(CC(C)C[Si](OC)(OC)OC)CC(O)COCC(C)(C)COCC(O)CN(CC)CC(C)C[Si](OC)(OC)OC.CCNCC(C)C[Si](OC)(OC)OC. The van der Waals surface area contributed by atoms with Gasteiger partial charge in [0.05, 0.1) is 65.1 Å². The van der Waals surface area contributed by atoms with Crippen LogP contribution < -0.4 is 5.32 Å². The summed E-state index contributed by atoms with van der Waals surface area (Å²) in [5.74, 6) is 1.06. The number of hydrogen-bond acceptors (Lipinski definition) is 20. The zero-order chi connectivity index (χ0) is 54.9. The van der Waals surface area contributed by atoms with Crippen molar-refractivity contribution in [1.29, 1.82) is 0 Å². The van der Waals surface area contributed by atoms with E-state index in [1.165, 1.54) is 0 Å². The molecule has 2 aliphatic rings. The van der Waals surface area contributed by atoms with Gasteiger partial charge in [0, 0.05) is 136 Å². The molecule has 20 nitrogen and oxygen atoms in total. The van der Waals surface area contributed by atoms with Gasteiger partial charge in [-0.2, -0.15) is 0 Å². The van der Waals surface area contributed by atoms with E-state index in [2.05, 4.69) is 84.4 Å². The van der Waals surface area contributed by atoms with Gasteiger partial charge in [0.15, 0.2) is 0 Å². The number of aliphatic hydroxyl groups excluding tert-OH is 2. The number of likely N-dealkylation sites (N-methyl/N-ethyl adjacent to an activating group) is 2. The number of hydrogen-bond donors (Lipinski definition) is 3. The van der Waals surface area contributed by atoms with Crippen LogP contribution in [0.5, 0.6) is 0 Å². The number of rotatable bonds is 44. The first-order valence-corrected chi connectivity index (χ1v) is 33.3. The molecule has 25 heteroatoms. The lowest BCUT2D eigenvalue weighted by Crippen LogP contribution is -2.46. The molecule has 9 unspecified atom stereocenters. The summed E-state index contributed by atoms with van der Waals surface area (Å²) in [7, 11) is 8.03. The summed E-state index contributed by atoms with van der Waals surface area (Å²) in [5, 5.41) is 24.6. The molecule has 2 saturated heterocycles. The molecule has 0 aliphatic carbocycles. The van der Waals surface area contributed by atoms with Crippen LogP contribution in [-0.2, 0) is 67.8 Å². The molecule has 2 heterocycles. The summed E-state index contributed by atoms with van der Waals surface area (Å²) < 4.78 is 82.5. The summed E-state index contributed by atoms with van der Waals surface area (Å²) in [4.78, 5) is 4.55. The van der Waals surface area contributed by atoms with Crippen molar-refractivity contribution in [2.45, 2.75) is 117 Å². The van der Waals surface area contributed by atoms with Crippen molar-refractivity contribution in [2.24, 2.45) is 23.2 Å². The molecule has 0 radical (unpaired) electrons. The lowest BCUT2D eigenvalue weighted by Gasteiger charge is -2.31. The third-order valence-electron chi connectivity index (χ3n) is 11.9. The molecule has 0 spiro atoms. The van der Waals surface area contributed by atoms with Crippen molar-refractivity contribution in [3.8, 4) is 0 Å². The first-order chi connectivity index (χ1) is 34.0. The molecular weight excluding hydrogens is 1020 g/mol. The Balaban J connectivity index is 0.00000139. The van der Waals surface area contributed by atoms with Crippen LogP contribution in [0.15, 0.2) is 0 Å². The van der Waals surface area contributed by atoms with E-state index in [1.807, 2.05) is 0 Å². The van der Waals surface area contributed by atoms with E-state index in [0.29, 0.717) is 74.1 Å². The van der Waals surface area contributed by atoms with Crippen LogP contribution >= 0.6 is 17.6 Å². The van der Waals surface area contributed by atoms with E-state index < -0.39 is 38.6 Å². The van der Waals surface area contributed by atoms with Gasteiger partial charge in [-0.3, -0.25) is 0 Å². The standard InChI is InChI=1S/C29H66N2O10Si2.C9H23NO3Si.C9H18O4P2/c1-13-30(15-25(3)21-42(34-7,35-8)36-9)17-27(32)19-40-23-29(5,6)24-41-20-28(33)18-31(14-2)16-26(4)22-43(37-10,38-11)39-12;1-6-10-7-9(2)8-14(11-3,12-4)13-5;1-9(2,14-12-5-7-3-10-7)15-13-6-8-4-11-8/h25-28,32-33H,13-24H2,1-12H3;9-10H,6-8H2,1-5H3;7-8,14-15H,3-6H2,1-2H3. The molecule has 9 atom stereocenters. The summed E-state index contributed by atoms with van der Waals surface area (Å²) in [6, 6.07) is 2.26. The maximum Gasteiger partial charge on any atom is 0.500 e. The fourth-order valence-corrected chi connectivity index (χ4v) is 15.4. The molecule has 0 aromatic rings. The Morgan fingerprint density at radius 3 is 1.15 bits per heavy atom. The zero-order valence-electron chi connectivity index (χ0n) is 48.4. The third kappa shape index (κ3) is 33.9. The van der Waals surface area contributed by atoms with Gasteiger partial charge in [0.25, 0.3) is 0 Å². The molecule has 2 rings (SSSR count). The highest BCUT2D eigenvalue weighted by atomic mass is 31.1. The van der Waals surface area contributed by atoms with E-state index in [1.54, 1.807) is 64.0 Å². The molecular formula is C47H107N3O17P2Si3. The van der Waals surface area contributed by atoms with E-state index in [-0.39, 0.29) is 35.4 Å². The van der Waals surface area contributed by atoms with E-state index in [9.17, 15) is 10.2 Å². The second-order valence-electron chi connectivity index (χ2n) is 20.2. The molecule has 72 heavy (non-hydrogen) atoms. The fraction of sp³-hybridized carbons (Fsp3) is 1.00. The smallest absolute Gasteiger partial charge is 0.389 e. The number of nitrogens with one attached hydrogen (secondary N) is 1. The number of epoxide rings is 2. The van der Waals surface area contributed by atoms with Crippen LogP contribution in [0.25, 0.3) is 0 Å². The molecule has 0 amide bonds. The van der Waals surface area contributed by atoms with Gasteiger partial charge in [0.2, 0.25) is 0 Å². The van der Waals surface area contributed by atoms with Crippen molar-refractivity contribution in [3.05, 3.63) is 0 Å². The lowest BCUT2D eigenvalue weighted by molar-refractivity contribution is -0.0530. The number of aliphatic hydroxyl groups is 2. The summed E-state index contributed by atoms with van der Waals surface area (Å²) in [6.07, 6.45) is -0.492. The van der Waals surface area contributed by atoms with Crippen LogP contribution in [0, 0.1) is 23.2 Å². The highest BCUT2D eigenvalue weighted by molar-refractivity contribution is 7.54. The Morgan fingerprint density at radius 2 is 0.875 bits per heavy atom. The van der Waals surface area contributed by atoms with Crippen molar-refractivity contribution in [1.82, 2.24) is 15.1 Å².